The van der Waals surface area contributed by atoms with Crippen molar-refractivity contribution in [3.8, 4) is 28.3 Å². The molecule has 7 rings (SSSR count). The maximum atomic E-state index is 13.8. The van der Waals surface area contributed by atoms with Crippen molar-refractivity contribution in [2.45, 2.75) is 50.6 Å². The highest BCUT2D eigenvalue weighted by molar-refractivity contribution is 6.36. The zero-order valence-electron chi connectivity index (χ0n) is 27.5. The molecule has 1 aliphatic heterocycles. The second-order valence-electron chi connectivity index (χ2n) is 12.5. The quantitative estimate of drug-likeness (QED) is 0.198. The minimum Gasteiger partial charge on any atom is -0.481 e. The molecule has 1 aliphatic carbocycles. The number of halogens is 4. The normalized spacial score (nSPS) is 19.1. The van der Waals surface area contributed by atoms with Gasteiger partial charge >= 0.3 is 6.18 Å². The zero-order chi connectivity index (χ0) is 35.3. The maximum absolute atomic E-state index is 13.8. The van der Waals surface area contributed by atoms with Crippen LogP contribution < -0.4 is 21.3 Å². The van der Waals surface area contributed by atoms with Crippen LogP contribution in [0.1, 0.15) is 28.8 Å². The number of hydrogen-bond acceptors (Lipinski definition) is 9. The number of pyridine rings is 2. The first-order valence-electron chi connectivity index (χ1n) is 16.1. The fraction of sp³-hybridized carbons (Fsp3) is 0.333. The standard InChI is InChI=1S/C36H34ClF3N6O4/c1-18-22(6-5-9-27(18)43-33-31-20(16-42-46(2)35(31)47)14-30(45-33)36(38,39)40)23-7-4-8-24(32(23)37)28-13-19-12-21(15-25(19)34(44-28)48-3)50-29-17-49-11-10-26(29)41/h4-9,13-14,16,21,26,29H,10-12,15,17,41H2,1-3H3,(H,43,45)/t21?,26-,29+/m1/s1. The lowest BCUT2D eigenvalue weighted by atomic mass is 9.96. The average molecular weight is 707 g/mol. The van der Waals surface area contributed by atoms with Gasteiger partial charge < -0.3 is 25.3 Å². The van der Waals surface area contributed by atoms with Gasteiger partial charge in [-0.3, -0.25) is 4.79 Å². The molecule has 0 bridgehead atoms. The number of benzene rings is 2. The Morgan fingerprint density at radius 2 is 1.84 bits per heavy atom. The van der Waals surface area contributed by atoms with Crippen molar-refractivity contribution in [2.24, 2.45) is 12.8 Å². The average Bonchev–Trinajstić information content (AvgIpc) is 3.50. The van der Waals surface area contributed by atoms with Crippen molar-refractivity contribution < 1.29 is 27.4 Å². The highest BCUT2D eigenvalue weighted by Gasteiger charge is 2.35. The van der Waals surface area contributed by atoms with E-state index in [-0.39, 0.29) is 34.8 Å². The van der Waals surface area contributed by atoms with Gasteiger partial charge in [-0.05, 0) is 54.7 Å². The van der Waals surface area contributed by atoms with Crippen LogP contribution in [0.5, 0.6) is 5.88 Å². The number of ether oxygens (including phenoxy) is 3. The number of methoxy groups -OCH3 is 1. The molecule has 0 spiro atoms. The SMILES string of the molecule is COc1nc(-c2cccc(-c3cccc(Nc4nc(C(F)(F)F)cc5cnn(C)c(=O)c45)c3C)c2Cl)cc2c1CC(O[C@H]1COCC[C@H]1N)C2. The van der Waals surface area contributed by atoms with Crippen LogP contribution in [0.15, 0.2) is 59.5 Å². The second kappa shape index (κ2) is 13.3. The van der Waals surface area contributed by atoms with Crippen molar-refractivity contribution in [3.05, 3.63) is 92.5 Å². The highest BCUT2D eigenvalue weighted by Crippen LogP contribution is 2.42. The molecule has 2 aliphatic rings. The molecule has 1 unspecified atom stereocenters. The Morgan fingerprint density at radius 1 is 1.08 bits per heavy atom. The van der Waals surface area contributed by atoms with Crippen LogP contribution in [0.3, 0.4) is 0 Å². The fourth-order valence-electron chi connectivity index (χ4n) is 6.68. The van der Waals surface area contributed by atoms with Gasteiger partial charge in [-0.2, -0.15) is 18.3 Å². The second-order valence-corrected chi connectivity index (χ2v) is 12.9. The molecule has 10 nitrogen and oxygen atoms in total. The van der Waals surface area contributed by atoms with Crippen molar-refractivity contribution in [1.29, 1.82) is 0 Å². The molecule has 3 aromatic heterocycles. The minimum absolute atomic E-state index is 0.0143. The van der Waals surface area contributed by atoms with Gasteiger partial charge in [0.1, 0.15) is 11.5 Å². The smallest absolute Gasteiger partial charge is 0.433 e. The van der Waals surface area contributed by atoms with E-state index in [1.54, 1.807) is 19.2 Å². The van der Waals surface area contributed by atoms with Gasteiger partial charge in [0, 0.05) is 53.9 Å². The molecule has 4 heterocycles. The molecule has 3 N–H and O–H groups in total. The minimum atomic E-state index is -4.74. The summed E-state index contributed by atoms with van der Waals surface area (Å²) in [7, 11) is 3.00. The largest absolute Gasteiger partial charge is 0.481 e. The summed E-state index contributed by atoms with van der Waals surface area (Å²) in [5.74, 6) is 0.270. The van der Waals surface area contributed by atoms with Crippen LogP contribution in [0.4, 0.5) is 24.7 Å². The summed E-state index contributed by atoms with van der Waals surface area (Å²) in [5.41, 5.74) is 10.4. The Bertz CT molecular complexity index is 2180. The van der Waals surface area contributed by atoms with Gasteiger partial charge in [0.2, 0.25) is 5.88 Å². The van der Waals surface area contributed by atoms with E-state index in [1.807, 2.05) is 37.3 Å². The topological polar surface area (TPSA) is 126 Å². The van der Waals surface area contributed by atoms with E-state index in [0.717, 1.165) is 33.9 Å². The van der Waals surface area contributed by atoms with Gasteiger partial charge in [0.05, 0.1) is 48.2 Å². The molecular formula is C36H34ClF3N6O4. The Kier molecular flexibility index (Phi) is 9.01. The Morgan fingerprint density at radius 3 is 2.60 bits per heavy atom. The van der Waals surface area contributed by atoms with Gasteiger partial charge in [0.15, 0.2) is 0 Å². The summed E-state index contributed by atoms with van der Waals surface area (Å²) in [4.78, 5) is 21.7. The maximum Gasteiger partial charge on any atom is 0.433 e. The van der Waals surface area contributed by atoms with Crippen LogP contribution in [-0.2, 0) is 35.5 Å². The molecule has 3 atom stereocenters. The monoisotopic (exact) mass is 706 g/mol. The number of aryl methyl sites for hydroxylation is 1. The lowest BCUT2D eigenvalue weighted by Crippen LogP contribution is -2.46. The number of hydrogen-bond donors (Lipinski definition) is 2. The molecule has 14 heteroatoms. The van der Waals surface area contributed by atoms with Crippen LogP contribution in [0.2, 0.25) is 5.02 Å². The third-order valence-electron chi connectivity index (χ3n) is 9.34. The first-order valence-corrected chi connectivity index (χ1v) is 16.5. The summed E-state index contributed by atoms with van der Waals surface area (Å²) in [6, 6.07) is 13.7. The van der Waals surface area contributed by atoms with Gasteiger partial charge in [-0.25, -0.2) is 14.6 Å². The molecular weight excluding hydrogens is 673 g/mol. The summed E-state index contributed by atoms with van der Waals surface area (Å²) < 4.78 is 60.2. The molecule has 260 valence electrons. The molecule has 5 aromatic rings. The van der Waals surface area contributed by atoms with E-state index in [9.17, 15) is 18.0 Å². The lowest BCUT2D eigenvalue weighted by Gasteiger charge is -2.30. The molecule has 50 heavy (non-hydrogen) atoms. The summed E-state index contributed by atoms with van der Waals surface area (Å²) in [6.45, 7) is 2.92. The lowest BCUT2D eigenvalue weighted by molar-refractivity contribution is -0.141. The number of rotatable bonds is 7. The van der Waals surface area contributed by atoms with E-state index in [4.69, 9.17) is 36.5 Å². The van der Waals surface area contributed by atoms with E-state index in [2.05, 4.69) is 15.4 Å². The first-order chi connectivity index (χ1) is 23.9. The number of nitrogens with zero attached hydrogens (tertiary/aromatic N) is 4. The predicted octanol–water partition coefficient (Wildman–Crippen LogP) is 6.39. The van der Waals surface area contributed by atoms with E-state index >= 15 is 0 Å². The van der Waals surface area contributed by atoms with E-state index in [0.29, 0.717) is 65.0 Å². The van der Waals surface area contributed by atoms with Gasteiger partial charge in [-0.1, -0.05) is 41.9 Å². The number of aromatic nitrogens is 4. The van der Waals surface area contributed by atoms with Crippen LogP contribution in [0, 0.1) is 6.92 Å². The highest BCUT2D eigenvalue weighted by atomic mass is 35.5. The van der Waals surface area contributed by atoms with Gasteiger partial charge in [-0.15, -0.1) is 0 Å². The first kappa shape index (κ1) is 33.9. The summed E-state index contributed by atoms with van der Waals surface area (Å²) in [6.07, 6.45) is -1.74. The number of alkyl halides is 3. The van der Waals surface area contributed by atoms with E-state index < -0.39 is 17.4 Å². The number of nitrogens with one attached hydrogen (secondary N) is 1. The van der Waals surface area contributed by atoms with Crippen molar-refractivity contribution in [2.75, 3.05) is 25.6 Å². The molecule has 1 saturated heterocycles. The Labute approximate surface area is 290 Å². The third kappa shape index (κ3) is 6.30. The number of nitrogens with two attached hydrogens (primary N) is 1. The van der Waals surface area contributed by atoms with Crippen molar-refractivity contribution in [1.82, 2.24) is 19.7 Å². The van der Waals surface area contributed by atoms with E-state index in [1.165, 1.54) is 13.2 Å². The predicted molar refractivity (Wildman–Crippen MR) is 184 cm³/mol. The van der Waals surface area contributed by atoms with Crippen LogP contribution >= 0.6 is 11.6 Å². The van der Waals surface area contributed by atoms with Crippen LogP contribution in [-0.4, -0.2) is 58.3 Å². The Balaban J connectivity index is 1.23. The molecule has 1 fully saturated rings. The summed E-state index contributed by atoms with van der Waals surface area (Å²) in [5, 5.41) is 7.32. The zero-order valence-corrected chi connectivity index (χ0v) is 28.2. The molecule has 0 saturated carbocycles. The van der Waals surface area contributed by atoms with Crippen molar-refractivity contribution in [3.63, 3.8) is 0 Å². The molecule has 2 aromatic carbocycles. The fourth-order valence-corrected chi connectivity index (χ4v) is 7.01. The van der Waals surface area contributed by atoms with Crippen LogP contribution in [0.25, 0.3) is 33.2 Å². The summed E-state index contributed by atoms with van der Waals surface area (Å²) >= 11 is 7.13. The number of anilines is 2. The van der Waals surface area contributed by atoms with Crippen molar-refractivity contribution >= 4 is 33.9 Å². The third-order valence-corrected chi connectivity index (χ3v) is 9.75. The number of fused-ring (bicyclic) bond motifs is 2. The molecule has 0 radical (unpaired) electrons. The molecule has 0 amide bonds. The van der Waals surface area contributed by atoms with Gasteiger partial charge in [0.25, 0.3) is 5.56 Å². The Hall–Kier alpha value is -4.56.